The molecule has 1 aromatic carbocycles. The number of anilines is 2. The molecule has 0 atom stereocenters. The number of piperidine rings is 1. The highest BCUT2D eigenvalue weighted by molar-refractivity contribution is 5.75. The molecule has 0 unspecified atom stereocenters. The molecule has 6 nitrogen and oxygen atoms in total. The molecule has 6 heteroatoms. The molecule has 1 fully saturated rings. The predicted molar refractivity (Wildman–Crippen MR) is 98.6 cm³/mol. The lowest BCUT2D eigenvalue weighted by Crippen LogP contribution is -2.55. The monoisotopic (exact) mass is 347 g/mol. The number of amides is 1. The summed E-state index contributed by atoms with van der Waals surface area (Å²) in [5, 5.41) is 7.07. The normalized spacial score (nSPS) is 19.8. The van der Waals surface area contributed by atoms with Crippen LogP contribution in [0.15, 0.2) is 24.3 Å². The predicted octanol–water partition coefficient (Wildman–Crippen LogP) is 3.86. The summed E-state index contributed by atoms with van der Waals surface area (Å²) in [6.07, 6.45) is 1.48. The summed E-state index contributed by atoms with van der Waals surface area (Å²) in [7, 11) is 0. The second kappa shape index (κ2) is 6.75. The fourth-order valence-electron chi connectivity index (χ4n) is 3.55. The van der Waals surface area contributed by atoms with Crippen LogP contribution >= 0.6 is 0 Å². The molecule has 2 N–H and O–H groups in total. The molecule has 138 valence electrons. The van der Waals surface area contributed by atoms with Crippen molar-refractivity contribution in [2.45, 2.75) is 52.0 Å². The van der Waals surface area contributed by atoms with Gasteiger partial charge in [-0.1, -0.05) is 12.1 Å². The van der Waals surface area contributed by atoms with Gasteiger partial charge in [0.15, 0.2) is 0 Å². The Kier molecular flexibility index (Phi) is 4.82. The Morgan fingerprint density at radius 3 is 2.24 bits per heavy atom. The number of hydrogen-bond donors (Lipinski definition) is 2. The van der Waals surface area contributed by atoms with Crippen molar-refractivity contribution in [3.8, 4) is 0 Å². The molecule has 0 spiro atoms. The van der Waals surface area contributed by atoms with Crippen molar-refractivity contribution in [2.24, 2.45) is 5.92 Å². The van der Waals surface area contributed by atoms with Crippen molar-refractivity contribution in [1.82, 2.24) is 4.90 Å². The van der Waals surface area contributed by atoms with Crippen LogP contribution in [-0.2, 0) is 9.47 Å². The summed E-state index contributed by atoms with van der Waals surface area (Å²) in [4.78, 5) is 14.1. The maximum atomic E-state index is 12.3. The first-order valence-electron chi connectivity index (χ1n) is 9.10. The van der Waals surface area contributed by atoms with Crippen LogP contribution in [0.4, 0.5) is 16.2 Å². The summed E-state index contributed by atoms with van der Waals surface area (Å²) < 4.78 is 11.6. The molecule has 1 aromatic rings. The first-order chi connectivity index (χ1) is 11.8. The largest absolute Gasteiger partial charge is 0.444 e. The fraction of sp³-hybridized carbons (Fsp3) is 0.632. The van der Waals surface area contributed by atoms with Crippen LogP contribution < -0.4 is 10.6 Å². The van der Waals surface area contributed by atoms with E-state index in [1.54, 1.807) is 4.90 Å². The van der Waals surface area contributed by atoms with Crippen molar-refractivity contribution in [1.29, 1.82) is 0 Å². The maximum absolute atomic E-state index is 12.3. The van der Waals surface area contributed by atoms with Gasteiger partial charge in [0, 0.05) is 25.6 Å². The summed E-state index contributed by atoms with van der Waals surface area (Å²) in [5.41, 5.74) is 1.66. The molecule has 0 aliphatic carbocycles. The number of carbonyl (C=O) groups is 1. The van der Waals surface area contributed by atoms with E-state index in [0.29, 0.717) is 19.7 Å². The van der Waals surface area contributed by atoms with Gasteiger partial charge >= 0.3 is 6.09 Å². The van der Waals surface area contributed by atoms with Crippen molar-refractivity contribution < 1.29 is 14.3 Å². The summed E-state index contributed by atoms with van der Waals surface area (Å²) >= 11 is 0. The number of carbonyl (C=O) groups excluding carboxylic acids is 1. The molecular formula is C19H29N3O3. The van der Waals surface area contributed by atoms with Gasteiger partial charge in [-0.25, -0.2) is 4.79 Å². The van der Waals surface area contributed by atoms with E-state index >= 15 is 0 Å². The average molecular weight is 347 g/mol. The zero-order chi connectivity index (χ0) is 18.1. The second-order valence-corrected chi connectivity index (χ2v) is 7.71. The molecule has 0 saturated carbocycles. The molecule has 25 heavy (non-hydrogen) atoms. The number of nitrogens with one attached hydrogen (secondary N) is 2. The molecule has 0 bridgehead atoms. The number of fused-ring (bicyclic) bond motifs is 1. The number of hydrogen-bond acceptors (Lipinski definition) is 5. The summed E-state index contributed by atoms with van der Waals surface area (Å²) in [6.45, 7) is 9.65. The first kappa shape index (κ1) is 17.9. The molecule has 1 amide bonds. The standard InChI is InChI=1S/C19H29N3O3/c1-5-24-19(20-15-8-6-7-9-16(15)21-19)14-10-12-22(13-11-14)17(23)25-18(2,3)4/h6-9,14,20-21H,5,10-13H2,1-4H3. The van der Waals surface area contributed by atoms with Gasteiger partial charge in [0.25, 0.3) is 0 Å². The van der Waals surface area contributed by atoms with Gasteiger partial charge in [0.2, 0.25) is 5.85 Å². The minimum Gasteiger partial charge on any atom is -0.444 e. The number of rotatable bonds is 3. The van der Waals surface area contributed by atoms with Crippen LogP contribution in [-0.4, -0.2) is 42.1 Å². The lowest BCUT2D eigenvalue weighted by Gasteiger charge is -2.42. The van der Waals surface area contributed by atoms with Gasteiger partial charge < -0.3 is 25.0 Å². The Balaban J connectivity index is 1.66. The van der Waals surface area contributed by atoms with E-state index in [-0.39, 0.29) is 12.0 Å². The number of nitrogens with zero attached hydrogens (tertiary/aromatic N) is 1. The fourth-order valence-corrected chi connectivity index (χ4v) is 3.55. The Bertz CT molecular complexity index is 594. The molecule has 3 rings (SSSR count). The third-order valence-electron chi connectivity index (χ3n) is 4.66. The van der Waals surface area contributed by atoms with Crippen molar-refractivity contribution in [3.05, 3.63) is 24.3 Å². The zero-order valence-electron chi connectivity index (χ0n) is 15.6. The van der Waals surface area contributed by atoms with Crippen LogP contribution in [0.3, 0.4) is 0 Å². The lowest BCUT2D eigenvalue weighted by molar-refractivity contribution is -0.0560. The first-order valence-corrected chi connectivity index (χ1v) is 9.10. The zero-order valence-corrected chi connectivity index (χ0v) is 15.6. The highest BCUT2D eigenvalue weighted by atomic mass is 16.6. The van der Waals surface area contributed by atoms with Crippen LogP contribution in [0.25, 0.3) is 0 Å². The van der Waals surface area contributed by atoms with Gasteiger partial charge in [-0.3, -0.25) is 0 Å². The SMILES string of the molecule is CCOC1(C2CCN(C(=O)OC(C)(C)C)CC2)Nc2ccccc2N1. The Morgan fingerprint density at radius 2 is 1.76 bits per heavy atom. The third-order valence-corrected chi connectivity index (χ3v) is 4.66. The van der Waals surface area contributed by atoms with Crippen molar-refractivity contribution in [2.75, 3.05) is 30.3 Å². The van der Waals surface area contributed by atoms with Crippen LogP contribution in [0.2, 0.25) is 0 Å². The summed E-state index contributed by atoms with van der Waals surface area (Å²) in [6, 6.07) is 8.14. The van der Waals surface area contributed by atoms with E-state index in [4.69, 9.17) is 9.47 Å². The van der Waals surface area contributed by atoms with Gasteiger partial charge in [0.05, 0.1) is 11.4 Å². The molecule has 0 radical (unpaired) electrons. The molecule has 1 saturated heterocycles. The average Bonchev–Trinajstić information content (AvgIpc) is 2.93. The topological polar surface area (TPSA) is 62.8 Å². The minimum atomic E-state index is -0.599. The van der Waals surface area contributed by atoms with E-state index in [1.807, 2.05) is 39.8 Å². The van der Waals surface area contributed by atoms with Gasteiger partial charge in [-0.2, -0.15) is 0 Å². The lowest BCUT2D eigenvalue weighted by atomic mass is 9.91. The highest BCUT2D eigenvalue weighted by Crippen LogP contribution is 2.41. The molecule has 2 aliphatic rings. The smallest absolute Gasteiger partial charge is 0.410 e. The van der Waals surface area contributed by atoms with E-state index in [9.17, 15) is 4.79 Å². The van der Waals surface area contributed by atoms with E-state index < -0.39 is 11.4 Å². The quantitative estimate of drug-likeness (QED) is 0.869. The van der Waals surface area contributed by atoms with Crippen LogP contribution in [0.1, 0.15) is 40.5 Å². The van der Waals surface area contributed by atoms with Crippen molar-refractivity contribution in [3.63, 3.8) is 0 Å². The Labute approximate surface area is 149 Å². The number of para-hydroxylation sites is 2. The maximum Gasteiger partial charge on any atom is 0.410 e. The van der Waals surface area contributed by atoms with Gasteiger partial charge in [-0.05, 0) is 52.7 Å². The Hall–Kier alpha value is -1.95. The van der Waals surface area contributed by atoms with E-state index in [0.717, 1.165) is 24.2 Å². The summed E-state index contributed by atoms with van der Waals surface area (Å²) in [5.74, 6) is -0.336. The highest BCUT2D eigenvalue weighted by Gasteiger charge is 2.46. The van der Waals surface area contributed by atoms with Crippen molar-refractivity contribution >= 4 is 17.5 Å². The Morgan fingerprint density at radius 1 is 1.20 bits per heavy atom. The number of benzene rings is 1. The molecule has 0 aromatic heterocycles. The number of likely N-dealkylation sites (tertiary alicyclic amines) is 1. The molecule has 2 heterocycles. The van der Waals surface area contributed by atoms with Gasteiger partial charge in [-0.15, -0.1) is 0 Å². The molecular weight excluding hydrogens is 318 g/mol. The van der Waals surface area contributed by atoms with E-state index in [2.05, 4.69) is 22.8 Å². The molecule has 2 aliphatic heterocycles. The third kappa shape index (κ3) is 3.84. The van der Waals surface area contributed by atoms with Gasteiger partial charge in [0.1, 0.15) is 5.60 Å². The van der Waals surface area contributed by atoms with E-state index in [1.165, 1.54) is 0 Å². The van der Waals surface area contributed by atoms with Crippen LogP contribution in [0.5, 0.6) is 0 Å². The van der Waals surface area contributed by atoms with Crippen LogP contribution in [0, 0.1) is 5.92 Å². The second-order valence-electron chi connectivity index (χ2n) is 7.71. The minimum absolute atomic E-state index is 0.230. The number of ether oxygens (including phenoxy) is 2.